The van der Waals surface area contributed by atoms with Gasteiger partial charge in [-0.05, 0) is 24.3 Å². The minimum Gasteiger partial charge on any atom is -0.508 e. The minimum atomic E-state index is 0.193. The number of halogens is 1. The van der Waals surface area contributed by atoms with Crippen LogP contribution in [0.4, 0.5) is 17.5 Å². The molecule has 5 nitrogen and oxygen atoms in total. The van der Waals surface area contributed by atoms with Crippen molar-refractivity contribution in [2.75, 3.05) is 17.2 Å². The molecule has 0 amide bonds. The van der Waals surface area contributed by atoms with E-state index in [9.17, 15) is 5.11 Å². The van der Waals surface area contributed by atoms with Crippen molar-refractivity contribution in [1.82, 2.24) is 9.97 Å². The molecule has 1 aromatic carbocycles. The van der Waals surface area contributed by atoms with Gasteiger partial charge in [0, 0.05) is 5.69 Å². The number of nitrogens with one attached hydrogen (secondary N) is 2. The lowest BCUT2D eigenvalue weighted by molar-refractivity contribution is 0.475. The largest absolute Gasteiger partial charge is 0.508 e. The molecule has 0 unspecified atom stereocenters. The summed E-state index contributed by atoms with van der Waals surface area (Å²) in [6, 6.07) is 6.55. The van der Waals surface area contributed by atoms with Gasteiger partial charge in [-0.1, -0.05) is 17.5 Å². The molecule has 0 bridgehead atoms. The third-order valence-electron chi connectivity index (χ3n) is 2.23. The third-order valence-corrected chi connectivity index (χ3v) is 2.50. The summed E-state index contributed by atoms with van der Waals surface area (Å²) in [7, 11) is 0. The number of rotatable bonds is 4. The van der Waals surface area contributed by atoms with Crippen LogP contribution in [-0.4, -0.2) is 21.6 Å². The maximum absolute atomic E-state index is 9.20. The standard InChI is InChI=1S/C13H11ClN4O/c1-2-7-15-12-11(14)8-16-13(18-12)17-9-3-5-10(19)6-4-9/h1,3-6,8,19H,7H2,(H2,15,16,17,18). The Hall–Kier alpha value is -2.45. The summed E-state index contributed by atoms with van der Waals surface area (Å²) >= 11 is 5.94. The highest BCUT2D eigenvalue weighted by molar-refractivity contribution is 6.32. The molecular formula is C13H11ClN4O. The summed E-state index contributed by atoms with van der Waals surface area (Å²) in [5.74, 6) is 3.49. The van der Waals surface area contributed by atoms with Gasteiger partial charge in [0.15, 0.2) is 5.82 Å². The van der Waals surface area contributed by atoms with Gasteiger partial charge >= 0.3 is 0 Å². The highest BCUT2D eigenvalue weighted by atomic mass is 35.5. The average Bonchev–Trinajstić information content (AvgIpc) is 2.42. The van der Waals surface area contributed by atoms with E-state index in [2.05, 4.69) is 26.5 Å². The van der Waals surface area contributed by atoms with Crippen LogP contribution in [0.25, 0.3) is 0 Å². The maximum atomic E-state index is 9.20. The van der Waals surface area contributed by atoms with E-state index in [0.717, 1.165) is 5.69 Å². The van der Waals surface area contributed by atoms with Crippen LogP contribution in [0.5, 0.6) is 5.75 Å². The fraction of sp³-hybridized carbons (Fsp3) is 0.0769. The number of phenols is 1. The monoisotopic (exact) mass is 274 g/mol. The van der Waals surface area contributed by atoms with Gasteiger partial charge in [-0.25, -0.2) is 4.98 Å². The van der Waals surface area contributed by atoms with Gasteiger partial charge in [0.2, 0.25) is 5.95 Å². The minimum absolute atomic E-state index is 0.193. The van der Waals surface area contributed by atoms with Crippen LogP contribution in [0.3, 0.4) is 0 Å². The quantitative estimate of drug-likeness (QED) is 0.591. The summed E-state index contributed by atoms with van der Waals surface area (Å²) in [6.07, 6.45) is 6.65. The van der Waals surface area contributed by atoms with Crippen LogP contribution in [0.15, 0.2) is 30.5 Å². The molecule has 6 heteroatoms. The Morgan fingerprint density at radius 1 is 1.32 bits per heavy atom. The van der Waals surface area contributed by atoms with Crippen molar-refractivity contribution in [3.63, 3.8) is 0 Å². The first-order chi connectivity index (χ1) is 9.19. The van der Waals surface area contributed by atoms with E-state index in [1.54, 1.807) is 24.3 Å². The third kappa shape index (κ3) is 3.50. The van der Waals surface area contributed by atoms with Crippen LogP contribution in [0.2, 0.25) is 5.02 Å². The molecule has 0 radical (unpaired) electrons. The molecule has 3 N–H and O–H groups in total. The van der Waals surface area contributed by atoms with Gasteiger partial charge in [-0.3, -0.25) is 0 Å². The number of hydrogen-bond donors (Lipinski definition) is 3. The smallest absolute Gasteiger partial charge is 0.229 e. The van der Waals surface area contributed by atoms with E-state index in [0.29, 0.717) is 23.3 Å². The molecule has 0 saturated carbocycles. The fourth-order valence-corrected chi connectivity index (χ4v) is 1.52. The summed E-state index contributed by atoms with van der Waals surface area (Å²) in [6.45, 7) is 0.329. The second-order valence-electron chi connectivity index (χ2n) is 3.62. The summed E-state index contributed by atoms with van der Waals surface area (Å²) in [5.41, 5.74) is 0.753. The zero-order valence-electron chi connectivity index (χ0n) is 9.89. The Bertz CT molecular complexity index is 607. The number of nitrogens with zero attached hydrogens (tertiary/aromatic N) is 2. The molecule has 96 valence electrons. The van der Waals surface area contributed by atoms with Gasteiger partial charge < -0.3 is 15.7 Å². The highest BCUT2D eigenvalue weighted by Gasteiger charge is 2.05. The van der Waals surface area contributed by atoms with E-state index in [4.69, 9.17) is 18.0 Å². The maximum Gasteiger partial charge on any atom is 0.229 e. The Balaban J connectivity index is 2.16. The lowest BCUT2D eigenvalue weighted by Gasteiger charge is -2.08. The molecule has 0 aliphatic heterocycles. The van der Waals surface area contributed by atoms with Crippen molar-refractivity contribution in [1.29, 1.82) is 0 Å². The second-order valence-corrected chi connectivity index (χ2v) is 4.03. The molecule has 0 spiro atoms. The molecule has 0 fully saturated rings. The van der Waals surface area contributed by atoms with Crippen LogP contribution in [0.1, 0.15) is 0 Å². The predicted octanol–water partition coefficient (Wildman–Crippen LogP) is 2.62. The number of terminal acetylenes is 1. The van der Waals surface area contributed by atoms with E-state index >= 15 is 0 Å². The lowest BCUT2D eigenvalue weighted by Crippen LogP contribution is -2.05. The first-order valence-electron chi connectivity index (χ1n) is 5.45. The summed E-state index contributed by atoms with van der Waals surface area (Å²) in [5, 5.41) is 15.5. The Labute approximate surface area is 115 Å². The van der Waals surface area contributed by atoms with Crippen molar-refractivity contribution in [2.45, 2.75) is 0 Å². The van der Waals surface area contributed by atoms with Crippen molar-refractivity contribution in [3.05, 3.63) is 35.5 Å². The van der Waals surface area contributed by atoms with Crippen LogP contribution in [0, 0.1) is 12.3 Å². The van der Waals surface area contributed by atoms with Crippen LogP contribution >= 0.6 is 11.6 Å². The molecule has 0 atom stereocenters. The van der Waals surface area contributed by atoms with E-state index in [1.807, 2.05) is 0 Å². The normalized spacial score (nSPS) is 9.68. The lowest BCUT2D eigenvalue weighted by atomic mass is 10.3. The SMILES string of the molecule is C#CCNc1nc(Nc2ccc(O)cc2)ncc1Cl. The number of anilines is 3. The zero-order chi connectivity index (χ0) is 13.7. The molecule has 1 heterocycles. The Kier molecular flexibility index (Phi) is 4.06. The Morgan fingerprint density at radius 3 is 2.74 bits per heavy atom. The molecular weight excluding hydrogens is 264 g/mol. The van der Waals surface area contributed by atoms with Gasteiger partial charge in [0.25, 0.3) is 0 Å². The summed E-state index contributed by atoms with van der Waals surface area (Å²) < 4.78 is 0. The number of aromatic hydroxyl groups is 1. The van der Waals surface area contributed by atoms with Gasteiger partial charge in [0.05, 0.1) is 12.7 Å². The second kappa shape index (κ2) is 5.94. The molecule has 0 saturated heterocycles. The molecule has 0 aliphatic carbocycles. The van der Waals surface area contributed by atoms with E-state index in [-0.39, 0.29) is 5.75 Å². The molecule has 19 heavy (non-hydrogen) atoms. The number of aromatic nitrogens is 2. The molecule has 2 rings (SSSR count). The molecule has 1 aromatic heterocycles. The van der Waals surface area contributed by atoms with Crippen molar-refractivity contribution in [2.24, 2.45) is 0 Å². The van der Waals surface area contributed by atoms with E-state index < -0.39 is 0 Å². The highest BCUT2D eigenvalue weighted by Crippen LogP contribution is 2.22. The first kappa shape index (κ1) is 13.0. The van der Waals surface area contributed by atoms with Crippen LogP contribution in [-0.2, 0) is 0 Å². The van der Waals surface area contributed by atoms with Gasteiger partial charge in [-0.15, -0.1) is 6.42 Å². The topological polar surface area (TPSA) is 70.1 Å². The zero-order valence-corrected chi connectivity index (χ0v) is 10.6. The molecule has 2 aromatic rings. The number of hydrogen-bond acceptors (Lipinski definition) is 5. The van der Waals surface area contributed by atoms with Crippen LogP contribution < -0.4 is 10.6 Å². The van der Waals surface area contributed by atoms with E-state index in [1.165, 1.54) is 6.20 Å². The Morgan fingerprint density at radius 2 is 2.05 bits per heavy atom. The summed E-state index contributed by atoms with van der Waals surface area (Å²) in [4.78, 5) is 8.26. The first-order valence-corrected chi connectivity index (χ1v) is 5.83. The number of phenolic OH excluding ortho intramolecular Hbond substituents is 1. The van der Waals surface area contributed by atoms with Gasteiger partial charge in [-0.2, -0.15) is 4.98 Å². The fourth-order valence-electron chi connectivity index (χ4n) is 1.36. The van der Waals surface area contributed by atoms with Crippen molar-refractivity contribution >= 4 is 29.1 Å². The van der Waals surface area contributed by atoms with Crippen molar-refractivity contribution in [3.8, 4) is 18.1 Å². The van der Waals surface area contributed by atoms with Crippen molar-refractivity contribution < 1.29 is 5.11 Å². The molecule has 0 aliphatic rings. The number of benzene rings is 1. The average molecular weight is 275 g/mol. The van der Waals surface area contributed by atoms with Gasteiger partial charge in [0.1, 0.15) is 10.8 Å². The predicted molar refractivity (Wildman–Crippen MR) is 75.8 cm³/mol.